The fourth-order valence-electron chi connectivity index (χ4n) is 5.60. The molecule has 0 radical (unpaired) electrons. The van der Waals surface area contributed by atoms with E-state index in [0.717, 1.165) is 0 Å². The van der Waals surface area contributed by atoms with Crippen LogP contribution in [0.4, 0.5) is 0 Å². The maximum Gasteiger partial charge on any atom is 0.255 e. The fourth-order valence-corrected chi connectivity index (χ4v) is 5.60. The van der Waals surface area contributed by atoms with Crippen LogP contribution in [-0.2, 0) is 20.0 Å². The summed E-state index contributed by atoms with van der Waals surface area (Å²) in [5.74, 6) is -9.67. The van der Waals surface area contributed by atoms with Gasteiger partial charge in [0.15, 0.2) is 11.4 Å². The topological polar surface area (TPSA) is 202 Å². The van der Waals surface area contributed by atoms with Crippen LogP contribution < -0.4 is 5.73 Å². The largest absolute Gasteiger partial charge is 0.508 e. The van der Waals surface area contributed by atoms with Gasteiger partial charge in [-0.05, 0) is 32.6 Å². The molecule has 3 aliphatic carbocycles. The fraction of sp³-hybridized carbons (Fsp3) is 0.409. The summed E-state index contributed by atoms with van der Waals surface area (Å²) in [6.07, 6.45) is -1.87. The Hall–Kier alpha value is -3.25. The van der Waals surface area contributed by atoms with E-state index in [0.29, 0.717) is 0 Å². The summed E-state index contributed by atoms with van der Waals surface area (Å²) < 4.78 is 0. The zero-order valence-electron chi connectivity index (χ0n) is 18.0. The van der Waals surface area contributed by atoms with Crippen molar-refractivity contribution in [1.82, 2.24) is 4.90 Å². The van der Waals surface area contributed by atoms with Crippen LogP contribution in [0, 0.1) is 11.8 Å². The zero-order valence-corrected chi connectivity index (χ0v) is 18.0. The number of ketones is 2. The first kappa shape index (κ1) is 22.9. The van der Waals surface area contributed by atoms with E-state index in [2.05, 4.69) is 0 Å². The molecule has 6 atom stereocenters. The summed E-state index contributed by atoms with van der Waals surface area (Å²) in [7, 11) is 2.80. The number of Topliss-reactive ketones (excluding diaryl/α,β-unsaturated/α-hetero) is 2. The Morgan fingerprint density at radius 2 is 1.73 bits per heavy atom. The quantitative estimate of drug-likeness (QED) is 0.257. The minimum Gasteiger partial charge on any atom is -0.508 e. The molecule has 1 aromatic carbocycles. The van der Waals surface area contributed by atoms with E-state index in [1.807, 2.05) is 0 Å². The Balaban J connectivity index is 2.11. The van der Waals surface area contributed by atoms with E-state index in [4.69, 9.17) is 5.73 Å². The zero-order chi connectivity index (χ0) is 24.8. The van der Waals surface area contributed by atoms with Gasteiger partial charge >= 0.3 is 0 Å². The maximum absolute atomic E-state index is 13.7. The van der Waals surface area contributed by atoms with E-state index < -0.39 is 81.1 Å². The van der Waals surface area contributed by atoms with Crippen molar-refractivity contribution in [3.05, 3.63) is 46.2 Å². The summed E-state index contributed by atoms with van der Waals surface area (Å²) in [6.45, 7) is 1.25. The molecule has 11 nitrogen and oxygen atoms in total. The predicted octanol–water partition coefficient (Wildman–Crippen LogP) is -1.40. The molecule has 1 aromatic rings. The van der Waals surface area contributed by atoms with Crippen molar-refractivity contribution in [2.45, 2.75) is 30.3 Å². The number of aromatic hydroxyl groups is 1. The van der Waals surface area contributed by atoms with Crippen LogP contribution in [0.5, 0.6) is 5.75 Å². The highest BCUT2D eigenvalue weighted by Gasteiger charge is 2.70. The van der Waals surface area contributed by atoms with Crippen molar-refractivity contribution in [3.63, 3.8) is 0 Å². The Kier molecular flexibility index (Phi) is 4.78. The van der Waals surface area contributed by atoms with Gasteiger partial charge in [0.1, 0.15) is 22.8 Å². The van der Waals surface area contributed by atoms with Crippen LogP contribution in [0.25, 0.3) is 5.76 Å². The van der Waals surface area contributed by atoms with Crippen LogP contribution in [0.15, 0.2) is 35.1 Å². The van der Waals surface area contributed by atoms with E-state index in [9.17, 15) is 45.0 Å². The van der Waals surface area contributed by atoms with E-state index >= 15 is 0 Å². The van der Waals surface area contributed by atoms with Gasteiger partial charge in [0.2, 0.25) is 5.78 Å². The molecule has 11 heteroatoms. The Bertz CT molecular complexity index is 1180. The third kappa shape index (κ3) is 2.61. The van der Waals surface area contributed by atoms with Gasteiger partial charge in [0.25, 0.3) is 5.91 Å². The molecule has 0 unspecified atom stereocenters. The highest BCUT2D eigenvalue weighted by molar-refractivity contribution is 6.24. The smallest absolute Gasteiger partial charge is 0.255 e. The summed E-state index contributed by atoms with van der Waals surface area (Å²) in [5, 5.41) is 66.3. The second kappa shape index (κ2) is 6.87. The number of hydrogen-bond acceptors (Lipinski definition) is 10. The number of aliphatic hydroxyl groups is 5. The third-order valence-corrected chi connectivity index (χ3v) is 7.03. The highest BCUT2D eigenvalue weighted by atomic mass is 16.4. The molecule has 8 N–H and O–H groups in total. The average molecular weight is 460 g/mol. The standard InChI is InChI=1S/C22H24N2O9/c1-21(32)7-5-4-6-8(25)9(7)15(26)10-12(21)17(28)13-14(24(2)3)16(27)11(20(23)31)19(30)22(13,33)18(10)29/h4-6,12-14,17,25-26,28,30,32-33H,1-3H3,(H2,23,31)/t12-,13-,14-,17-,21+,22-/m0/s1. The van der Waals surface area contributed by atoms with Crippen molar-refractivity contribution >= 4 is 23.2 Å². The molecule has 1 fully saturated rings. The van der Waals surface area contributed by atoms with Gasteiger partial charge in [-0.15, -0.1) is 0 Å². The second-order valence-corrected chi connectivity index (χ2v) is 9.06. The lowest BCUT2D eigenvalue weighted by molar-refractivity contribution is -0.181. The number of nitrogens with two attached hydrogens (primary N) is 1. The van der Waals surface area contributed by atoms with Crippen LogP contribution in [-0.4, -0.2) is 84.9 Å². The number of nitrogens with zero attached hydrogens (tertiary/aromatic N) is 1. The first-order chi connectivity index (χ1) is 15.2. The van der Waals surface area contributed by atoms with Gasteiger partial charge in [0.05, 0.1) is 40.7 Å². The van der Waals surface area contributed by atoms with E-state index in [1.54, 1.807) is 0 Å². The van der Waals surface area contributed by atoms with Crippen molar-refractivity contribution in [2.24, 2.45) is 17.6 Å². The van der Waals surface area contributed by atoms with Crippen LogP contribution in [0.1, 0.15) is 18.1 Å². The van der Waals surface area contributed by atoms with Gasteiger partial charge in [-0.3, -0.25) is 19.3 Å². The molecule has 4 rings (SSSR count). The van der Waals surface area contributed by atoms with Crippen LogP contribution >= 0.6 is 0 Å². The third-order valence-electron chi connectivity index (χ3n) is 7.03. The number of amides is 1. The number of rotatable bonds is 2. The minimum absolute atomic E-state index is 0.00664. The van der Waals surface area contributed by atoms with E-state index in [-0.39, 0.29) is 11.1 Å². The second-order valence-electron chi connectivity index (χ2n) is 9.06. The number of hydrogen-bond donors (Lipinski definition) is 7. The summed E-state index contributed by atoms with van der Waals surface area (Å²) in [5.41, 5.74) is -1.78. The molecule has 176 valence electrons. The number of phenols is 1. The molecule has 0 bridgehead atoms. The summed E-state index contributed by atoms with van der Waals surface area (Å²) in [4.78, 5) is 39.9. The molecule has 0 spiro atoms. The Morgan fingerprint density at radius 3 is 2.27 bits per heavy atom. The van der Waals surface area contributed by atoms with Crippen LogP contribution in [0.2, 0.25) is 0 Å². The molecule has 0 saturated heterocycles. The lowest BCUT2D eigenvalue weighted by Crippen LogP contribution is -2.71. The minimum atomic E-state index is -3.02. The normalized spacial score (nSPS) is 36.0. The SMILES string of the molecule is CN(C)[C@@H]1C(=O)C(C(N)=O)=C(O)[C@@]2(O)C(=O)C3=C(O)c4c(O)cccc4[C@@](C)(O)[C@@H]3[C@H](O)[C@H]12. The molecule has 3 aliphatic rings. The summed E-state index contributed by atoms with van der Waals surface area (Å²) in [6, 6.07) is 2.50. The van der Waals surface area contributed by atoms with E-state index in [1.165, 1.54) is 44.1 Å². The number of fused-ring (bicyclic) bond motifs is 3. The number of primary amides is 1. The van der Waals surface area contributed by atoms with Gasteiger partial charge in [-0.1, -0.05) is 12.1 Å². The first-order valence-electron chi connectivity index (χ1n) is 10.1. The number of carbonyl (C=O) groups excluding carboxylic acids is 3. The van der Waals surface area contributed by atoms with Crippen molar-refractivity contribution in [3.8, 4) is 5.75 Å². The molecule has 0 aromatic heterocycles. The molecular formula is C22H24N2O9. The average Bonchev–Trinajstić information content (AvgIpc) is 2.70. The monoisotopic (exact) mass is 460 g/mol. The molecule has 0 aliphatic heterocycles. The number of likely N-dealkylation sites (N-methyl/N-ethyl adjacent to an activating group) is 1. The Labute approximate surface area is 187 Å². The van der Waals surface area contributed by atoms with Gasteiger partial charge in [-0.25, -0.2) is 0 Å². The highest BCUT2D eigenvalue weighted by Crippen LogP contribution is 2.57. The molecule has 1 amide bonds. The predicted molar refractivity (Wildman–Crippen MR) is 112 cm³/mol. The van der Waals surface area contributed by atoms with Gasteiger partial charge < -0.3 is 36.4 Å². The van der Waals surface area contributed by atoms with Crippen molar-refractivity contribution in [2.75, 3.05) is 14.1 Å². The maximum atomic E-state index is 13.7. The summed E-state index contributed by atoms with van der Waals surface area (Å²) >= 11 is 0. The lowest BCUT2D eigenvalue weighted by atomic mass is 9.53. The van der Waals surface area contributed by atoms with Gasteiger partial charge in [-0.2, -0.15) is 0 Å². The molecular weight excluding hydrogens is 436 g/mol. The number of benzene rings is 1. The van der Waals surface area contributed by atoms with Crippen LogP contribution in [0.3, 0.4) is 0 Å². The number of carbonyl (C=O) groups is 3. The molecule has 1 saturated carbocycles. The number of aliphatic hydroxyl groups excluding tert-OH is 3. The molecule has 0 heterocycles. The Morgan fingerprint density at radius 1 is 1.12 bits per heavy atom. The van der Waals surface area contributed by atoms with Gasteiger partial charge in [0, 0.05) is 0 Å². The molecule has 33 heavy (non-hydrogen) atoms. The van der Waals surface area contributed by atoms with Crippen molar-refractivity contribution < 1.29 is 45.0 Å². The lowest BCUT2D eigenvalue weighted by Gasteiger charge is -2.55. The van der Waals surface area contributed by atoms with Crippen molar-refractivity contribution in [1.29, 1.82) is 0 Å². The number of phenolic OH excluding ortho intramolecular Hbond substituents is 1. The first-order valence-corrected chi connectivity index (χ1v) is 10.1.